The van der Waals surface area contributed by atoms with Crippen molar-refractivity contribution in [1.82, 2.24) is 4.58 Å². The van der Waals surface area contributed by atoms with Crippen molar-refractivity contribution < 1.29 is 30.7 Å². The second kappa shape index (κ2) is 11.8. The Morgan fingerprint density at radius 1 is 0.800 bits per heavy atom. The average Bonchev–Trinajstić information content (AvgIpc) is 3.09. The number of aryl methyl sites for hydroxylation is 1. The molecule has 1 N–H and O–H groups in total. The Hall–Kier alpha value is -4.95. The van der Waals surface area contributed by atoms with Crippen molar-refractivity contribution in [3.63, 3.8) is 0 Å². The zero-order chi connectivity index (χ0) is 34.9. The van der Waals surface area contributed by atoms with Gasteiger partial charge in [-0.05, 0) is 85.0 Å². The van der Waals surface area contributed by atoms with Crippen LogP contribution in [0.2, 0.25) is 0 Å². The molecule has 0 spiro atoms. The van der Waals surface area contributed by atoms with E-state index in [0.717, 1.165) is 83.8 Å². The quantitative estimate of drug-likeness (QED) is 0.141. The van der Waals surface area contributed by atoms with E-state index in [9.17, 15) is 25.9 Å². The van der Waals surface area contributed by atoms with E-state index >= 15 is 0 Å². The van der Waals surface area contributed by atoms with Crippen molar-refractivity contribution >= 4 is 53.6 Å². The first-order valence-corrected chi connectivity index (χ1v) is 19.0. The fourth-order valence-electron chi connectivity index (χ4n) is 7.34. The smallest absolute Gasteiger partial charge is 0.294 e. The third kappa shape index (κ3) is 5.56. The highest BCUT2D eigenvalue weighted by Gasteiger charge is 2.33. The minimum absolute atomic E-state index is 0.0267. The van der Waals surface area contributed by atoms with Gasteiger partial charge < -0.3 is 14.2 Å². The zero-order valence-electron chi connectivity index (χ0n) is 27.3. The Bertz CT molecular complexity index is 2650. The lowest BCUT2D eigenvalue weighted by molar-refractivity contribution is 0.440. The molecule has 0 unspecified atom stereocenters. The summed E-state index contributed by atoms with van der Waals surface area (Å²) in [4.78, 5) is 0.570. The van der Waals surface area contributed by atoms with Crippen molar-refractivity contribution in [1.29, 1.82) is 0 Å². The third-order valence-corrected chi connectivity index (χ3v) is 11.3. The van der Waals surface area contributed by atoms with Gasteiger partial charge in [-0.2, -0.15) is 18.6 Å². The maximum Gasteiger partial charge on any atom is 0.294 e. The molecule has 0 aliphatic carbocycles. The van der Waals surface area contributed by atoms with Crippen molar-refractivity contribution in [3.8, 4) is 11.5 Å². The summed E-state index contributed by atoms with van der Waals surface area (Å²) >= 11 is 0. The van der Waals surface area contributed by atoms with Crippen LogP contribution in [0.15, 0.2) is 98.9 Å². The van der Waals surface area contributed by atoms with Gasteiger partial charge in [0.1, 0.15) is 34.7 Å². The van der Waals surface area contributed by atoms with Gasteiger partial charge in [-0.15, -0.1) is 0 Å². The van der Waals surface area contributed by atoms with E-state index in [1.807, 2.05) is 79.7 Å². The second-order valence-corrected chi connectivity index (χ2v) is 15.7. The molecule has 8 rings (SSSR count). The Kier molecular flexibility index (Phi) is 7.64. The standard InChI is InChI=1S/C37H32N4O7S2/c1-40(2)26-11-8-24(9-12-26)38-39-25-10-15-28-22(19-25)7-14-30-34(29-16-13-27(49(42,43)44)21-33(29)50(45,46)47)32-20-23-5-3-17-41-18-4-6-31(35(23)41)37(32)48-36(28)30/h7-16,19-21H,3-6,17-18H2,1-2H3,(H-,42,43,44,45,46,47). The van der Waals surface area contributed by atoms with Gasteiger partial charge in [0.15, 0.2) is 0 Å². The molecule has 254 valence electrons. The molecule has 13 heteroatoms. The summed E-state index contributed by atoms with van der Waals surface area (Å²) in [5.74, 6) is 1.06. The summed E-state index contributed by atoms with van der Waals surface area (Å²) in [6.45, 7) is 1.86. The van der Waals surface area contributed by atoms with Gasteiger partial charge in [0.2, 0.25) is 5.36 Å². The van der Waals surface area contributed by atoms with E-state index in [0.29, 0.717) is 39.2 Å². The van der Waals surface area contributed by atoms with E-state index in [-0.39, 0.29) is 5.56 Å². The topological polar surface area (TPSA) is 152 Å². The molecule has 5 aromatic carbocycles. The monoisotopic (exact) mass is 708 g/mol. The van der Waals surface area contributed by atoms with Crippen LogP contribution in [0.3, 0.4) is 0 Å². The predicted octanol–water partition coefficient (Wildman–Crippen LogP) is 5.21. The van der Waals surface area contributed by atoms with Gasteiger partial charge >= 0.3 is 0 Å². The molecule has 0 amide bonds. The van der Waals surface area contributed by atoms with Crippen LogP contribution in [0.5, 0.6) is 11.5 Å². The Morgan fingerprint density at radius 2 is 1.50 bits per heavy atom. The van der Waals surface area contributed by atoms with Crippen LogP contribution < -0.4 is 24.8 Å². The Labute approximate surface area is 289 Å². The summed E-state index contributed by atoms with van der Waals surface area (Å²) in [6, 6.07) is 22.1. The van der Waals surface area contributed by atoms with Crippen LogP contribution in [0.1, 0.15) is 35.1 Å². The predicted molar refractivity (Wildman–Crippen MR) is 188 cm³/mol. The number of nitrogens with zero attached hydrogens (tertiary/aromatic N) is 4. The SMILES string of the molecule is CN(C)c1ccc(N=Nc2ccc3c4c(ccc3c2)C(c2ccc(S(=O)(=O)O)cc2S(=O)(=O)[O-])=c2cc3c5c(c2O4)CCC[N+]=5CCC3)cc1. The number of benzene rings is 5. The van der Waals surface area contributed by atoms with Crippen LogP contribution in [0.25, 0.3) is 16.3 Å². The average molecular weight is 709 g/mol. The van der Waals surface area contributed by atoms with Gasteiger partial charge in [0.05, 0.1) is 26.7 Å². The molecule has 3 aliphatic rings. The number of hydrogen-bond acceptors (Lipinski definition) is 9. The summed E-state index contributed by atoms with van der Waals surface area (Å²) < 4.78 is 81.3. The largest absolute Gasteiger partial charge is 0.744 e. The number of rotatable bonds is 6. The van der Waals surface area contributed by atoms with Gasteiger partial charge in [-0.1, -0.05) is 12.1 Å². The lowest BCUT2D eigenvalue weighted by atomic mass is 9.86. The number of anilines is 1. The highest BCUT2D eigenvalue weighted by molar-refractivity contribution is 7.86. The molecule has 11 nitrogen and oxygen atoms in total. The number of fused-ring (bicyclic) bond motifs is 5. The summed E-state index contributed by atoms with van der Waals surface area (Å²) in [5, 5.41) is 12.2. The van der Waals surface area contributed by atoms with E-state index in [4.69, 9.17) is 4.74 Å². The lowest BCUT2D eigenvalue weighted by Crippen LogP contribution is -2.45. The van der Waals surface area contributed by atoms with Crippen molar-refractivity contribution in [3.05, 3.63) is 112 Å². The van der Waals surface area contributed by atoms with E-state index in [1.54, 1.807) is 0 Å². The fourth-order valence-corrected chi connectivity index (χ4v) is 8.63. The lowest BCUT2D eigenvalue weighted by Gasteiger charge is -2.28. The van der Waals surface area contributed by atoms with E-state index in [2.05, 4.69) is 14.8 Å². The molecule has 5 aromatic rings. The minimum atomic E-state index is -5.21. The first-order valence-electron chi connectivity index (χ1n) is 16.2. The normalized spacial score (nSPS) is 15.4. The maximum absolute atomic E-state index is 12.8. The second-order valence-electron chi connectivity index (χ2n) is 13.0. The highest BCUT2D eigenvalue weighted by Crippen LogP contribution is 2.44. The molecule has 0 saturated carbocycles. The molecular formula is C37H32N4O7S2. The van der Waals surface area contributed by atoms with Gasteiger partial charge in [0, 0.05) is 65.5 Å². The van der Waals surface area contributed by atoms with Crippen molar-refractivity contribution in [2.45, 2.75) is 35.5 Å². The molecular weight excluding hydrogens is 677 g/mol. The molecule has 0 radical (unpaired) electrons. The minimum Gasteiger partial charge on any atom is -0.744 e. The van der Waals surface area contributed by atoms with E-state index < -0.39 is 30.0 Å². The first-order chi connectivity index (χ1) is 23.9. The number of hydrogen-bond donors (Lipinski definition) is 1. The summed E-state index contributed by atoms with van der Waals surface area (Å²) in [5.41, 5.74) is 5.52. The molecule has 50 heavy (non-hydrogen) atoms. The third-order valence-electron chi connectivity index (χ3n) is 9.61. The summed E-state index contributed by atoms with van der Waals surface area (Å²) in [7, 11) is -6.07. The number of azo groups is 1. The molecule has 3 heterocycles. The molecule has 0 saturated heterocycles. The van der Waals surface area contributed by atoms with Crippen molar-refractivity contribution in [2.75, 3.05) is 32.1 Å². The molecule has 3 aliphatic heterocycles. The van der Waals surface area contributed by atoms with Crippen LogP contribution in [0.4, 0.5) is 17.1 Å². The summed E-state index contributed by atoms with van der Waals surface area (Å²) in [6.07, 6.45) is 3.46. The van der Waals surface area contributed by atoms with Crippen LogP contribution in [-0.2, 0) is 33.1 Å². The molecule has 0 bridgehead atoms. The fraction of sp³-hybridized carbons (Fsp3) is 0.216. The van der Waals surface area contributed by atoms with Gasteiger partial charge in [-0.25, -0.2) is 13.0 Å². The Balaban J connectivity index is 1.36. The van der Waals surface area contributed by atoms with Crippen LogP contribution >= 0.6 is 0 Å². The number of ether oxygens (including phenoxy) is 1. The van der Waals surface area contributed by atoms with Crippen molar-refractivity contribution in [2.24, 2.45) is 10.2 Å². The highest BCUT2D eigenvalue weighted by atomic mass is 32.2. The van der Waals surface area contributed by atoms with Gasteiger partial charge in [0.25, 0.3) is 10.1 Å². The zero-order valence-corrected chi connectivity index (χ0v) is 28.9. The Morgan fingerprint density at radius 3 is 2.22 bits per heavy atom. The molecule has 0 fully saturated rings. The van der Waals surface area contributed by atoms with Crippen LogP contribution in [0, 0.1) is 0 Å². The first kappa shape index (κ1) is 32.3. The van der Waals surface area contributed by atoms with Gasteiger partial charge in [-0.3, -0.25) is 4.55 Å². The molecule has 0 aromatic heterocycles. The van der Waals surface area contributed by atoms with Crippen LogP contribution in [-0.4, -0.2) is 53.1 Å². The molecule has 0 atom stereocenters. The maximum atomic E-state index is 12.8. The van der Waals surface area contributed by atoms with E-state index in [1.165, 1.54) is 6.07 Å².